The van der Waals surface area contributed by atoms with Crippen molar-refractivity contribution in [3.63, 3.8) is 0 Å². The number of ether oxygens (including phenoxy) is 2. The number of morpholine rings is 1. The maximum Gasteiger partial charge on any atom is 0.313 e. The first-order valence-electron chi connectivity index (χ1n) is 9.88. The molecule has 0 radical (unpaired) electrons. The fraction of sp³-hybridized carbons (Fsp3) is 0.364. The molecule has 7 nitrogen and oxygen atoms in total. The summed E-state index contributed by atoms with van der Waals surface area (Å²) in [7, 11) is 1.48. The predicted molar refractivity (Wildman–Crippen MR) is 116 cm³/mol. The number of hydrogen-bond acceptors (Lipinski definition) is 5. The zero-order valence-corrected chi connectivity index (χ0v) is 17.7. The molecule has 1 atom stereocenters. The van der Waals surface area contributed by atoms with Gasteiger partial charge in [-0.05, 0) is 30.2 Å². The Labute approximate surface area is 181 Å². The van der Waals surface area contributed by atoms with Gasteiger partial charge in [-0.25, -0.2) is 0 Å². The number of methoxy groups -OCH3 is 1. The van der Waals surface area contributed by atoms with Crippen LogP contribution in [-0.2, 0) is 14.3 Å². The van der Waals surface area contributed by atoms with Crippen LogP contribution < -0.4 is 15.4 Å². The smallest absolute Gasteiger partial charge is 0.313 e. The highest BCUT2D eigenvalue weighted by molar-refractivity contribution is 6.40. The highest BCUT2D eigenvalue weighted by Gasteiger charge is 2.21. The van der Waals surface area contributed by atoms with E-state index >= 15 is 0 Å². The molecule has 8 heteroatoms. The molecule has 0 spiro atoms. The standard InChI is InChI=1S/C22H26ClN3O4/c1-29-19-9-8-17(23)14-18(19)25-22(28)21(27)24-10-5-11-26-12-13-30-20(15-26)16-6-3-2-4-7-16/h2-4,6-9,14,20H,5,10-13,15H2,1H3,(H,24,27)(H,25,28)/t20-/m0/s1. The lowest BCUT2D eigenvalue weighted by atomic mass is 10.1. The van der Waals surface area contributed by atoms with Crippen LogP contribution in [0.5, 0.6) is 5.75 Å². The summed E-state index contributed by atoms with van der Waals surface area (Å²) in [5.74, 6) is -1.02. The summed E-state index contributed by atoms with van der Waals surface area (Å²) < 4.78 is 11.0. The van der Waals surface area contributed by atoms with Gasteiger partial charge in [-0.2, -0.15) is 0 Å². The lowest BCUT2D eigenvalue weighted by Crippen LogP contribution is -2.41. The van der Waals surface area contributed by atoms with Gasteiger partial charge in [0.25, 0.3) is 0 Å². The summed E-state index contributed by atoms with van der Waals surface area (Å²) in [5.41, 5.74) is 1.52. The summed E-state index contributed by atoms with van der Waals surface area (Å²) in [6, 6.07) is 15.0. The second-order valence-corrected chi connectivity index (χ2v) is 7.42. The molecular formula is C22H26ClN3O4. The van der Waals surface area contributed by atoms with Crippen LogP contribution in [0.2, 0.25) is 5.02 Å². The highest BCUT2D eigenvalue weighted by Crippen LogP contribution is 2.27. The van der Waals surface area contributed by atoms with Gasteiger partial charge in [0.2, 0.25) is 0 Å². The molecule has 1 heterocycles. The average molecular weight is 432 g/mol. The zero-order valence-electron chi connectivity index (χ0n) is 16.9. The van der Waals surface area contributed by atoms with Gasteiger partial charge in [0.1, 0.15) is 5.75 Å². The Morgan fingerprint density at radius 1 is 1.20 bits per heavy atom. The first-order valence-corrected chi connectivity index (χ1v) is 10.3. The number of amides is 2. The summed E-state index contributed by atoms with van der Waals surface area (Å²) in [6.07, 6.45) is 0.800. The van der Waals surface area contributed by atoms with Gasteiger partial charge in [0.05, 0.1) is 25.5 Å². The van der Waals surface area contributed by atoms with Gasteiger partial charge in [-0.3, -0.25) is 14.5 Å². The van der Waals surface area contributed by atoms with Crippen LogP contribution in [0.15, 0.2) is 48.5 Å². The second-order valence-electron chi connectivity index (χ2n) is 6.98. The quantitative estimate of drug-likeness (QED) is 0.520. The van der Waals surface area contributed by atoms with Gasteiger partial charge in [0, 0.05) is 31.2 Å². The van der Waals surface area contributed by atoms with Gasteiger partial charge in [0.15, 0.2) is 0 Å². The SMILES string of the molecule is COc1ccc(Cl)cc1NC(=O)C(=O)NCCCN1CCO[C@H](c2ccccc2)C1. The fourth-order valence-corrected chi connectivity index (χ4v) is 3.49. The van der Waals surface area contributed by atoms with Gasteiger partial charge < -0.3 is 20.1 Å². The molecule has 0 unspecified atom stereocenters. The third-order valence-electron chi connectivity index (χ3n) is 4.87. The first kappa shape index (κ1) is 22.1. The molecule has 0 saturated carbocycles. The van der Waals surface area contributed by atoms with E-state index in [0.29, 0.717) is 29.6 Å². The Morgan fingerprint density at radius 2 is 2.00 bits per heavy atom. The van der Waals surface area contributed by atoms with Gasteiger partial charge >= 0.3 is 11.8 Å². The van der Waals surface area contributed by atoms with E-state index < -0.39 is 11.8 Å². The molecule has 0 aromatic heterocycles. The number of benzene rings is 2. The van der Waals surface area contributed by atoms with Crippen molar-refractivity contribution in [1.29, 1.82) is 0 Å². The van der Waals surface area contributed by atoms with E-state index in [1.54, 1.807) is 12.1 Å². The van der Waals surface area contributed by atoms with E-state index in [0.717, 1.165) is 26.1 Å². The van der Waals surface area contributed by atoms with Gasteiger partial charge in [-0.15, -0.1) is 0 Å². The van der Waals surface area contributed by atoms with Crippen LogP contribution in [-0.4, -0.2) is 56.6 Å². The second kappa shape index (κ2) is 11.0. The average Bonchev–Trinajstić information content (AvgIpc) is 2.77. The van der Waals surface area contributed by atoms with Crippen molar-refractivity contribution < 1.29 is 19.1 Å². The Kier molecular flexibility index (Phi) is 8.07. The van der Waals surface area contributed by atoms with Crippen molar-refractivity contribution >= 4 is 29.1 Å². The summed E-state index contributed by atoms with van der Waals surface area (Å²) in [4.78, 5) is 26.5. The Hall–Kier alpha value is -2.61. The number of carbonyl (C=O) groups excluding carboxylic acids is 2. The molecule has 1 aliphatic rings. The Bertz CT molecular complexity index is 863. The molecule has 2 N–H and O–H groups in total. The number of nitrogens with zero attached hydrogens (tertiary/aromatic N) is 1. The largest absolute Gasteiger partial charge is 0.495 e. The van der Waals surface area contributed by atoms with Crippen LogP contribution in [0.4, 0.5) is 5.69 Å². The fourth-order valence-electron chi connectivity index (χ4n) is 3.32. The Balaban J connectivity index is 1.40. The van der Waals surface area contributed by atoms with Crippen molar-refractivity contribution in [2.45, 2.75) is 12.5 Å². The third kappa shape index (κ3) is 6.19. The number of rotatable bonds is 7. The lowest BCUT2D eigenvalue weighted by molar-refractivity contribution is -0.136. The van der Waals surface area contributed by atoms with E-state index in [1.807, 2.05) is 18.2 Å². The van der Waals surface area contributed by atoms with E-state index in [2.05, 4.69) is 27.7 Å². The number of nitrogens with one attached hydrogen (secondary N) is 2. The first-order chi connectivity index (χ1) is 14.6. The molecule has 3 rings (SSSR count). The monoisotopic (exact) mass is 431 g/mol. The molecular weight excluding hydrogens is 406 g/mol. The summed E-state index contributed by atoms with van der Waals surface area (Å²) in [6.45, 7) is 3.57. The molecule has 0 aliphatic carbocycles. The third-order valence-corrected chi connectivity index (χ3v) is 5.11. The predicted octanol–water partition coefficient (Wildman–Crippen LogP) is 2.87. The van der Waals surface area contributed by atoms with E-state index in [1.165, 1.54) is 18.7 Å². The maximum atomic E-state index is 12.1. The number of hydrogen-bond donors (Lipinski definition) is 2. The van der Waals surface area contributed by atoms with Crippen LogP contribution >= 0.6 is 11.6 Å². The van der Waals surface area contributed by atoms with Crippen molar-refractivity contribution in [3.8, 4) is 5.75 Å². The summed E-state index contributed by atoms with van der Waals surface area (Å²) >= 11 is 5.94. The normalized spacial score (nSPS) is 16.7. The number of halogens is 1. The molecule has 0 bridgehead atoms. The molecule has 1 fully saturated rings. The van der Waals surface area contributed by atoms with Crippen LogP contribution in [0.3, 0.4) is 0 Å². The van der Waals surface area contributed by atoms with Crippen LogP contribution in [0.1, 0.15) is 18.1 Å². The number of carbonyl (C=O) groups is 2. The van der Waals surface area contributed by atoms with Crippen molar-refractivity contribution in [3.05, 3.63) is 59.1 Å². The van der Waals surface area contributed by atoms with E-state index in [4.69, 9.17) is 21.1 Å². The van der Waals surface area contributed by atoms with Crippen LogP contribution in [0, 0.1) is 0 Å². The zero-order chi connectivity index (χ0) is 21.3. The minimum Gasteiger partial charge on any atom is -0.495 e. The molecule has 2 aromatic carbocycles. The van der Waals surface area contributed by atoms with Crippen molar-refractivity contribution in [2.24, 2.45) is 0 Å². The van der Waals surface area contributed by atoms with E-state index in [-0.39, 0.29) is 6.10 Å². The lowest BCUT2D eigenvalue weighted by Gasteiger charge is -2.33. The summed E-state index contributed by atoms with van der Waals surface area (Å²) in [5, 5.41) is 5.62. The minimum absolute atomic E-state index is 0.0630. The van der Waals surface area contributed by atoms with Gasteiger partial charge in [-0.1, -0.05) is 41.9 Å². The molecule has 160 valence electrons. The molecule has 1 saturated heterocycles. The maximum absolute atomic E-state index is 12.1. The van der Waals surface area contributed by atoms with Crippen molar-refractivity contribution in [2.75, 3.05) is 45.2 Å². The topological polar surface area (TPSA) is 79.9 Å². The Morgan fingerprint density at radius 3 is 2.77 bits per heavy atom. The molecule has 2 amide bonds. The molecule has 1 aliphatic heterocycles. The molecule has 30 heavy (non-hydrogen) atoms. The van der Waals surface area contributed by atoms with E-state index in [9.17, 15) is 9.59 Å². The highest BCUT2D eigenvalue weighted by atomic mass is 35.5. The van der Waals surface area contributed by atoms with Crippen molar-refractivity contribution in [1.82, 2.24) is 10.2 Å². The number of anilines is 1. The molecule has 2 aromatic rings. The minimum atomic E-state index is -0.758. The van der Waals surface area contributed by atoms with Crippen LogP contribution in [0.25, 0.3) is 0 Å².